The molecule has 45 heavy (non-hydrogen) atoms. The second kappa shape index (κ2) is 13.4. The summed E-state index contributed by atoms with van der Waals surface area (Å²) < 4.78 is 34.4. The first-order valence-electron chi connectivity index (χ1n) is 16.3. The third-order valence-electron chi connectivity index (χ3n) is 9.08. The first-order valence-corrected chi connectivity index (χ1v) is 16.3. The third-order valence-corrected chi connectivity index (χ3v) is 9.08. The third kappa shape index (κ3) is 6.12. The fraction of sp³-hybridized carbons (Fsp3) is 0.385. The van der Waals surface area contributed by atoms with Crippen molar-refractivity contribution >= 4 is 0 Å². The van der Waals surface area contributed by atoms with E-state index in [1.54, 1.807) is 0 Å². The van der Waals surface area contributed by atoms with Crippen molar-refractivity contribution in [3.05, 3.63) is 118 Å². The van der Waals surface area contributed by atoms with Crippen LogP contribution in [0.5, 0.6) is 11.5 Å². The number of epoxide rings is 2. The highest BCUT2D eigenvalue weighted by Gasteiger charge is 2.46. The molecule has 0 aromatic heterocycles. The Bertz CT molecular complexity index is 1500. The molecule has 7 rings (SSSR count). The highest BCUT2D eigenvalue weighted by Crippen LogP contribution is 2.56. The normalized spacial score (nSPS) is 18.7. The Morgan fingerprint density at radius 2 is 1.04 bits per heavy atom. The van der Waals surface area contributed by atoms with E-state index in [0.717, 1.165) is 37.6 Å². The van der Waals surface area contributed by atoms with E-state index in [0.29, 0.717) is 39.6 Å². The van der Waals surface area contributed by atoms with Crippen molar-refractivity contribution in [2.75, 3.05) is 52.9 Å². The van der Waals surface area contributed by atoms with Crippen LogP contribution in [0, 0.1) is 0 Å². The molecule has 2 unspecified atom stereocenters. The number of ether oxygens (including phenoxy) is 6. The smallest absolute Gasteiger partial charge is 0.122 e. The number of aryl methyl sites for hydroxylation is 2. The summed E-state index contributed by atoms with van der Waals surface area (Å²) in [6.45, 7) is 9.38. The molecule has 1 aliphatic carbocycles. The van der Waals surface area contributed by atoms with E-state index in [1.807, 2.05) is 0 Å². The van der Waals surface area contributed by atoms with E-state index >= 15 is 0 Å². The number of hydrogen-bond acceptors (Lipinski definition) is 6. The van der Waals surface area contributed by atoms with Gasteiger partial charge in [0, 0.05) is 0 Å². The molecule has 6 heteroatoms. The molecule has 6 nitrogen and oxygen atoms in total. The number of hydrogen-bond donors (Lipinski definition) is 0. The summed E-state index contributed by atoms with van der Waals surface area (Å²) in [5.74, 6) is 1.83. The van der Waals surface area contributed by atoms with E-state index in [9.17, 15) is 0 Å². The van der Waals surface area contributed by atoms with Crippen LogP contribution in [0.1, 0.15) is 47.2 Å². The van der Waals surface area contributed by atoms with Crippen molar-refractivity contribution in [1.82, 2.24) is 0 Å². The average Bonchev–Trinajstić information content (AvgIpc) is 4.03. The Hall–Kier alpha value is -3.68. The first kappa shape index (κ1) is 30.0. The predicted molar refractivity (Wildman–Crippen MR) is 175 cm³/mol. The van der Waals surface area contributed by atoms with Crippen molar-refractivity contribution in [1.29, 1.82) is 0 Å². The highest BCUT2D eigenvalue weighted by atomic mass is 16.6. The summed E-state index contributed by atoms with van der Waals surface area (Å²) in [6, 6.07) is 31.2. The Balaban J connectivity index is 1.25. The quantitative estimate of drug-likeness (QED) is 0.0914. The van der Waals surface area contributed by atoms with Gasteiger partial charge in [-0.2, -0.15) is 0 Å². The van der Waals surface area contributed by atoms with Gasteiger partial charge in [-0.05, 0) is 69.5 Å². The largest absolute Gasteiger partial charge is 0.491 e. The van der Waals surface area contributed by atoms with Crippen LogP contribution in [-0.2, 0) is 37.2 Å². The van der Waals surface area contributed by atoms with Crippen molar-refractivity contribution in [2.24, 2.45) is 0 Å². The number of fused-ring (bicyclic) bond motifs is 3. The lowest BCUT2D eigenvalue weighted by atomic mass is 9.67. The maximum absolute atomic E-state index is 6.25. The van der Waals surface area contributed by atoms with Crippen molar-refractivity contribution < 1.29 is 28.4 Å². The molecule has 2 fully saturated rings. The van der Waals surface area contributed by atoms with Crippen LogP contribution in [0.4, 0.5) is 0 Å². The van der Waals surface area contributed by atoms with E-state index in [-0.39, 0.29) is 12.2 Å². The molecule has 4 aromatic rings. The molecule has 3 aliphatic rings. The summed E-state index contributed by atoms with van der Waals surface area (Å²) in [7, 11) is 0. The van der Waals surface area contributed by atoms with Crippen LogP contribution in [0.15, 0.2) is 84.9 Å². The van der Waals surface area contributed by atoms with Gasteiger partial charge < -0.3 is 28.4 Å². The maximum Gasteiger partial charge on any atom is 0.122 e. The highest BCUT2D eigenvalue weighted by molar-refractivity contribution is 5.86. The van der Waals surface area contributed by atoms with Crippen molar-refractivity contribution in [3.8, 4) is 22.6 Å². The molecule has 0 bridgehead atoms. The summed E-state index contributed by atoms with van der Waals surface area (Å²) >= 11 is 0. The molecule has 2 saturated heterocycles. The summed E-state index contributed by atoms with van der Waals surface area (Å²) in [4.78, 5) is 0. The van der Waals surface area contributed by atoms with Gasteiger partial charge in [0.15, 0.2) is 0 Å². The lowest BCUT2D eigenvalue weighted by molar-refractivity contribution is 0.0875. The first-order chi connectivity index (χ1) is 22.2. The van der Waals surface area contributed by atoms with E-state index in [1.165, 1.54) is 44.5 Å². The van der Waals surface area contributed by atoms with Gasteiger partial charge in [-0.15, -0.1) is 0 Å². The molecule has 0 spiro atoms. The van der Waals surface area contributed by atoms with Gasteiger partial charge in [-0.3, -0.25) is 0 Å². The Morgan fingerprint density at radius 1 is 0.600 bits per heavy atom. The van der Waals surface area contributed by atoms with Gasteiger partial charge in [0.1, 0.15) is 36.9 Å². The minimum absolute atomic E-state index is 0.263. The molecule has 0 N–H and O–H groups in total. The van der Waals surface area contributed by atoms with Crippen LogP contribution in [0.25, 0.3) is 11.1 Å². The van der Waals surface area contributed by atoms with Crippen LogP contribution in [-0.4, -0.2) is 65.1 Å². The lowest BCUT2D eigenvalue weighted by Gasteiger charge is -2.35. The Kier molecular flexibility index (Phi) is 8.90. The molecular weight excluding hydrogens is 564 g/mol. The molecule has 0 radical (unpaired) electrons. The average molecular weight is 607 g/mol. The number of rotatable bonds is 16. The molecule has 4 aromatic carbocycles. The molecule has 2 aliphatic heterocycles. The second-order valence-electron chi connectivity index (χ2n) is 12.0. The summed E-state index contributed by atoms with van der Waals surface area (Å²) in [5, 5.41) is 0. The van der Waals surface area contributed by atoms with Gasteiger partial charge in [-0.1, -0.05) is 86.6 Å². The maximum atomic E-state index is 6.25. The topological polar surface area (TPSA) is 62.0 Å². The fourth-order valence-corrected chi connectivity index (χ4v) is 6.66. The van der Waals surface area contributed by atoms with Gasteiger partial charge in [0.05, 0.1) is 45.1 Å². The Labute approximate surface area is 266 Å². The standard InChI is InChI=1S/C39H42O6/c1-3-27-21-29(13-15-37(27)42-19-17-40-23-31-25-44-31)39(35-11-7-5-9-33(35)34-10-6-8-12-36(34)39)30-14-16-38(28(4-2)22-30)43-20-18-41-24-32-26-45-32/h5-16,21-22,31-32H,3-4,17-20,23-26H2,1-2H3. The molecule has 2 heterocycles. The predicted octanol–water partition coefficient (Wildman–Crippen LogP) is 6.76. The minimum Gasteiger partial charge on any atom is -0.491 e. The monoisotopic (exact) mass is 606 g/mol. The summed E-state index contributed by atoms with van der Waals surface area (Å²) in [5.41, 5.74) is 9.50. The zero-order valence-electron chi connectivity index (χ0n) is 26.3. The Morgan fingerprint density at radius 3 is 1.47 bits per heavy atom. The van der Waals surface area contributed by atoms with Crippen LogP contribution >= 0.6 is 0 Å². The minimum atomic E-state index is -0.487. The second-order valence-corrected chi connectivity index (χ2v) is 12.0. The van der Waals surface area contributed by atoms with Crippen molar-refractivity contribution in [2.45, 2.75) is 44.3 Å². The molecule has 234 valence electrons. The van der Waals surface area contributed by atoms with Crippen LogP contribution in [0.3, 0.4) is 0 Å². The van der Waals surface area contributed by atoms with E-state index in [4.69, 9.17) is 28.4 Å². The molecule has 0 amide bonds. The molecule has 2 atom stereocenters. The molecule has 0 saturated carbocycles. The number of benzene rings is 4. The zero-order valence-corrected chi connectivity index (χ0v) is 26.3. The van der Waals surface area contributed by atoms with Gasteiger partial charge in [0.2, 0.25) is 0 Å². The fourth-order valence-electron chi connectivity index (χ4n) is 6.66. The van der Waals surface area contributed by atoms with Gasteiger partial charge in [0.25, 0.3) is 0 Å². The zero-order chi connectivity index (χ0) is 30.6. The van der Waals surface area contributed by atoms with Gasteiger partial charge in [-0.25, -0.2) is 0 Å². The SMILES string of the molecule is CCc1cc(C2(c3ccc(OCCOCC4CO4)c(CC)c3)c3ccccc3-c3ccccc32)ccc1OCCOCC1CO1. The van der Waals surface area contributed by atoms with Crippen LogP contribution in [0.2, 0.25) is 0 Å². The van der Waals surface area contributed by atoms with Crippen LogP contribution < -0.4 is 9.47 Å². The molecular formula is C39H42O6. The van der Waals surface area contributed by atoms with E-state index < -0.39 is 5.41 Å². The summed E-state index contributed by atoms with van der Waals surface area (Å²) in [6.07, 6.45) is 2.25. The van der Waals surface area contributed by atoms with Crippen molar-refractivity contribution in [3.63, 3.8) is 0 Å². The van der Waals surface area contributed by atoms with Gasteiger partial charge >= 0.3 is 0 Å². The lowest BCUT2D eigenvalue weighted by Crippen LogP contribution is -2.29. The van der Waals surface area contributed by atoms with E-state index in [2.05, 4.69) is 98.8 Å².